The maximum absolute atomic E-state index is 12.3. The minimum atomic E-state index is -4.70. The Morgan fingerprint density at radius 3 is 2.41 bits per heavy atom. The van der Waals surface area contributed by atoms with E-state index in [1.807, 2.05) is 20.8 Å². The molecule has 27 heavy (non-hydrogen) atoms. The zero-order chi connectivity index (χ0) is 20.2. The van der Waals surface area contributed by atoms with Crippen molar-refractivity contribution < 1.29 is 27.4 Å². The average molecular weight is 453 g/mol. The summed E-state index contributed by atoms with van der Waals surface area (Å²) in [5.74, 6) is -0.251. The van der Waals surface area contributed by atoms with Crippen molar-refractivity contribution in [2.24, 2.45) is 0 Å². The van der Waals surface area contributed by atoms with Gasteiger partial charge in [0, 0.05) is 30.1 Å². The van der Waals surface area contributed by atoms with E-state index in [0.29, 0.717) is 11.0 Å². The van der Waals surface area contributed by atoms with E-state index in [4.69, 9.17) is 4.74 Å². The van der Waals surface area contributed by atoms with Gasteiger partial charge in [0.1, 0.15) is 11.4 Å². The number of piperidine rings is 1. The van der Waals surface area contributed by atoms with Crippen LogP contribution in [0.15, 0.2) is 22.7 Å². The molecule has 152 valence electrons. The Labute approximate surface area is 165 Å². The molecule has 1 saturated heterocycles. The molecule has 0 bridgehead atoms. The molecule has 1 aromatic carbocycles. The molecule has 0 spiro atoms. The number of ether oxygens (including phenoxy) is 2. The fourth-order valence-electron chi connectivity index (χ4n) is 2.80. The molecule has 1 heterocycles. The van der Waals surface area contributed by atoms with E-state index in [0.717, 1.165) is 31.5 Å². The Kier molecular flexibility index (Phi) is 7.02. The number of carbonyl (C=O) groups excluding carboxylic acids is 1. The second-order valence-corrected chi connectivity index (χ2v) is 8.35. The number of alkyl halides is 3. The summed E-state index contributed by atoms with van der Waals surface area (Å²) in [4.78, 5) is 14.0. The van der Waals surface area contributed by atoms with Crippen molar-refractivity contribution in [1.29, 1.82) is 0 Å². The molecule has 0 unspecified atom stereocenters. The highest BCUT2D eigenvalue weighted by molar-refractivity contribution is 9.10. The summed E-state index contributed by atoms with van der Waals surface area (Å²) in [5.41, 5.74) is 0.349. The van der Waals surface area contributed by atoms with Crippen LogP contribution in [0.2, 0.25) is 0 Å². The molecule has 1 aliphatic rings. The van der Waals surface area contributed by atoms with E-state index in [1.165, 1.54) is 12.1 Å². The number of carbonyl (C=O) groups is 1. The number of amides is 1. The Morgan fingerprint density at radius 1 is 1.26 bits per heavy atom. The normalized spacial score (nSPS) is 16.9. The predicted molar refractivity (Wildman–Crippen MR) is 98.5 cm³/mol. The van der Waals surface area contributed by atoms with Crippen LogP contribution < -0.4 is 10.1 Å². The minimum Gasteiger partial charge on any atom is -0.444 e. The maximum atomic E-state index is 12.3. The van der Waals surface area contributed by atoms with Crippen LogP contribution in [0.4, 0.5) is 18.0 Å². The molecule has 0 aliphatic carbocycles. The Hall–Kier alpha value is -1.48. The minimum absolute atomic E-state index is 0.0575. The standard InChI is InChI=1S/C18H24BrF3N2O3/c1-17(2,3)27-16(25)23-13-6-8-24(9-7-13)11-12-4-5-14(10-15(12)19)26-18(20,21)22/h4-5,10,13H,6-9,11H2,1-3H3,(H,23,25). The molecule has 1 amide bonds. The van der Waals surface area contributed by atoms with E-state index in [-0.39, 0.29) is 11.8 Å². The van der Waals surface area contributed by atoms with Crippen LogP contribution in [-0.4, -0.2) is 42.1 Å². The van der Waals surface area contributed by atoms with Gasteiger partial charge in [0.05, 0.1) is 0 Å². The Morgan fingerprint density at radius 2 is 1.89 bits per heavy atom. The monoisotopic (exact) mass is 452 g/mol. The third kappa shape index (κ3) is 7.96. The number of likely N-dealkylation sites (tertiary alicyclic amines) is 1. The van der Waals surface area contributed by atoms with Crippen molar-refractivity contribution in [3.05, 3.63) is 28.2 Å². The van der Waals surface area contributed by atoms with Crippen molar-refractivity contribution in [3.8, 4) is 5.75 Å². The van der Waals surface area contributed by atoms with Gasteiger partial charge in [0.2, 0.25) is 0 Å². The van der Waals surface area contributed by atoms with Gasteiger partial charge < -0.3 is 14.8 Å². The molecule has 0 saturated carbocycles. The van der Waals surface area contributed by atoms with Gasteiger partial charge in [0.15, 0.2) is 0 Å². The van der Waals surface area contributed by atoms with Gasteiger partial charge in [-0.3, -0.25) is 4.90 Å². The van der Waals surface area contributed by atoms with Crippen LogP contribution in [0.1, 0.15) is 39.2 Å². The summed E-state index contributed by atoms with van der Waals surface area (Å²) in [5, 5.41) is 2.88. The quantitative estimate of drug-likeness (QED) is 0.710. The first kappa shape index (κ1) is 21.8. The molecule has 2 rings (SSSR count). The summed E-state index contributed by atoms with van der Waals surface area (Å²) in [6.45, 7) is 7.60. The molecule has 1 fully saturated rings. The maximum Gasteiger partial charge on any atom is 0.573 e. The molecule has 1 aromatic rings. The highest BCUT2D eigenvalue weighted by Gasteiger charge is 2.31. The SMILES string of the molecule is CC(C)(C)OC(=O)NC1CCN(Cc2ccc(OC(F)(F)F)cc2Br)CC1. The van der Waals surface area contributed by atoms with E-state index in [2.05, 4.69) is 30.9 Å². The number of nitrogens with zero attached hydrogens (tertiary/aromatic N) is 1. The summed E-state index contributed by atoms with van der Waals surface area (Å²) in [6, 6.07) is 4.31. The summed E-state index contributed by atoms with van der Waals surface area (Å²) >= 11 is 3.31. The van der Waals surface area contributed by atoms with Crippen molar-refractivity contribution in [2.75, 3.05) is 13.1 Å². The molecule has 1 aliphatic heterocycles. The predicted octanol–water partition coefficient (Wildman–Crippen LogP) is 4.84. The first-order valence-electron chi connectivity index (χ1n) is 8.67. The third-order valence-electron chi connectivity index (χ3n) is 3.96. The molecule has 0 radical (unpaired) electrons. The average Bonchev–Trinajstić information content (AvgIpc) is 2.48. The number of hydrogen-bond donors (Lipinski definition) is 1. The first-order valence-corrected chi connectivity index (χ1v) is 9.46. The van der Waals surface area contributed by atoms with Gasteiger partial charge >= 0.3 is 12.5 Å². The van der Waals surface area contributed by atoms with Gasteiger partial charge in [0.25, 0.3) is 0 Å². The van der Waals surface area contributed by atoms with E-state index < -0.39 is 18.1 Å². The summed E-state index contributed by atoms with van der Waals surface area (Å²) in [6.07, 6.45) is -3.55. The molecule has 5 nitrogen and oxygen atoms in total. The number of hydrogen-bond acceptors (Lipinski definition) is 4. The van der Waals surface area contributed by atoms with Crippen molar-refractivity contribution >= 4 is 22.0 Å². The van der Waals surface area contributed by atoms with Gasteiger partial charge in [-0.1, -0.05) is 22.0 Å². The topological polar surface area (TPSA) is 50.8 Å². The molecule has 0 atom stereocenters. The van der Waals surface area contributed by atoms with Crippen LogP contribution in [-0.2, 0) is 11.3 Å². The fraction of sp³-hybridized carbons (Fsp3) is 0.611. The highest BCUT2D eigenvalue weighted by Crippen LogP contribution is 2.29. The van der Waals surface area contributed by atoms with Crippen LogP contribution in [0, 0.1) is 0 Å². The van der Waals surface area contributed by atoms with Crippen molar-refractivity contribution in [2.45, 2.75) is 58.2 Å². The van der Waals surface area contributed by atoms with Crippen molar-refractivity contribution in [3.63, 3.8) is 0 Å². The number of nitrogens with one attached hydrogen (secondary N) is 1. The van der Waals surface area contributed by atoms with Crippen LogP contribution >= 0.6 is 15.9 Å². The Balaban J connectivity index is 1.82. The summed E-state index contributed by atoms with van der Waals surface area (Å²) in [7, 11) is 0. The van der Waals surface area contributed by atoms with Crippen LogP contribution in [0.3, 0.4) is 0 Å². The smallest absolute Gasteiger partial charge is 0.444 e. The Bertz CT molecular complexity index is 654. The lowest BCUT2D eigenvalue weighted by molar-refractivity contribution is -0.274. The first-order chi connectivity index (χ1) is 12.4. The molecular weight excluding hydrogens is 429 g/mol. The lowest BCUT2D eigenvalue weighted by Crippen LogP contribution is -2.45. The highest BCUT2D eigenvalue weighted by atomic mass is 79.9. The number of benzene rings is 1. The molecule has 9 heteroatoms. The molecule has 0 aromatic heterocycles. The van der Waals surface area contributed by atoms with Crippen LogP contribution in [0.5, 0.6) is 5.75 Å². The lowest BCUT2D eigenvalue weighted by atomic mass is 10.0. The van der Waals surface area contributed by atoms with Crippen molar-refractivity contribution in [1.82, 2.24) is 10.2 Å². The zero-order valence-corrected chi connectivity index (χ0v) is 17.1. The fourth-order valence-corrected chi connectivity index (χ4v) is 3.29. The number of halogens is 4. The third-order valence-corrected chi connectivity index (χ3v) is 4.70. The van der Waals surface area contributed by atoms with E-state index in [9.17, 15) is 18.0 Å². The zero-order valence-electron chi connectivity index (χ0n) is 15.5. The van der Waals surface area contributed by atoms with E-state index in [1.54, 1.807) is 6.07 Å². The largest absolute Gasteiger partial charge is 0.573 e. The van der Waals surface area contributed by atoms with Gasteiger partial charge in [-0.15, -0.1) is 13.2 Å². The molecule has 1 N–H and O–H groups in total. The van der Waals surface area contributed by atoms with Gasteiger partial charge in [-0.2, -0.15) is 0 Å². The number of alkyl carbamates (subject to hydrolysis) is 1. The van der Waals surface area contributed by atoms with Gasteiger partial charge in [-0.25, -0.2) is 4.79 Å². The molecular formula is C18H24BrF3N2O3. The second kappa shape index (κ2) is 8.68. The second-order valence-electron chi connectivity index (χ2n) is 7.50. The lowest BCUT2D eigenvalue weighted by Gasteiger charge is -2.33. The number of rotatable bonds is 4. The van der Waals surface area contributed by atoms with E-state index >= 15 is 0 Å². The van der Waals surface area contributed by atoms with Crippen LogP contribution in [0.25, 0.3) is 0 Å². The summed E-state index contributed by atoms with van der Waals surface area (Å²) < 4.78 is 46.6. The van der Waals surface area contributed by atoms with Gasteiger partial charge in [-0.05, 0) is 51.3 Å².